The molecule has 4 heteroatoms. The van der Waals surface area contributed by atoms with Crippen molar-refractivity contribution >= 4 is 5.82 Å². The summed E-state index contributed by atoms with van der Waals surface area (Å²) >= 11 is 0. The Labute approximate surface area is 120 Å². The van der Waals surface area contributed by atoms with Gasteiger partial charge >= 0.3 is 0 Å². The molecular formula is C16H21N3O. The molecule has 1 heterocycles. The zero-order chi connectivity index (χ0) is 14.7. The van der Waals surface area contributed by atoms with E-state index in [-0.39, 0.29) is 6.10 Å². The molecule has 4 nitrogen and oxygen atoms in total. The predicted molar refractivity (Wildman–Crippen MR) is 81.7 cm³/mol. The van der Waals surface area contributed by atoms with Crippen molar-refractivity contribution in [1.29, 1.82) is 0 Å². The van der Waals surface area contributed by atoms with Gasteiger partial charge in [-0.1, -0.05) is 26.0 Å². The molecule has 2 N–H and O–H groups in total. The lowest BCUT2D eigenvalue weighted by Gasteiger charge is -2.12. The zero-order valence-electron chi connectivity index (χ0n) is 12.4. The van der Waals surface area contributed by atoms with Crippen molar-refractivity contribution in [3.8, 4) is 17.1 Å². The lowest BCUT2D eigenvalue weighted by atomic mass is 10.1. The van der Waals surface area contributed by atoms with Gasteiger partial charge in [0.15, 0.2) is 5.82 Å². The van der Waals surface area contributed by atoms with Crippen molar-refractivity contribution in [3.05, 3.63) is 36.0 Å². The third kappa shape index (κ3) is 3.47. The van der Waals surface area contributed by atoms with Gasteiger partial charge < -0.3 is 10.5 Å². The molecule has 0 atom stereocenters. The van der Waals surface area contributed by atoms with Crippen LogP contribution in [0.15, 0.2) is 30.3 Å². The molecule has 2 aromatic rings. The number of ether oxygens (including phenoxy) is 1. The van der Waals surface area contributed by atoms with E-state index in [1.165, 1.54) is 0 Å². The van der Waals surface area contributed by atoms with Crippen molar-refractivity contribution in [2.75, 3.05) is 5.73 Å². The van der Waals surface area contributed by atoms with Crippen LogP contribution >= 0.6 is 0 Å². The molecule has 0 bridgehead atoms. The van der Waals surface area contributed by atoms with Gasteiger partial charge in [0, 0.05) is 17.3 Å². The summed E-state index contributed by atoms with van der Waals surface area (Å²) in [6, 6.07) is 9.60. The maximum atomic E-state index is 5.87. The average Bonchev–Trinajstić information content (AvgIpc) is 2.37. The molecule has 2 rings (SSSR count). The molecule has 0 radical (unpaired) electrons. The molecule has 1 aromatic carbocycles. The smallest absolute Gasteiger partial charge is 0.161 e. The third-order valence-corrected chi connectivity index (χ3v) is 2.82. The number of anilines is 1. The molecule has 20 heavy (non-hydrogen) atoms. The van der Waals surface area contributed by atoms with Crippen LogP contribution in [0.3, 0.4) is 0 Å². The van der Waals surface area contributed by atoms with Gasteiger partial charge in [0.2, 0.25) is 0 Å². The quantitative estimate of drug-likeness (QED) is 0.922. The minimum absolute atomic E-state index is 0.137. The molecular weight excluding hydrogens is 250 g/mol. The van der Waals surface area contributed by atoms with Crippen molar-refractivity contribution < 1.29 is 4.74 Å². The van der Waals surface area contributed by atoms with Crippen LogP contribution in [0.25, 0.3) is 11.4 Å². The fourth-order valence-electron chi connectivity index (χ4n) is 1.89. The second-order valence-electron chi connectivity index (χ2n) is 5.39. The Morgan fingerprint density at radius 1 is 1.05 bits per heavy atom. The molecule has 0 aliphatic heterocycles. The van der Waals surface area contributed by atoms with Gasteiger partial charge in [-0.05, 0) is 31.9 Å². The topological polar surface area (TPSA) is 61.0 Å². The first kappa shape index (κ1) is 14.3. The lowest BCUT2D eigenvalue weighted by Crippen LogP contribution is -2.06. The Hall–Kier alpha value is -2.10. The average molecular weight is 271 g/mol. The normalized spacial score (nSPS) is 11.1. The SMILES string of the molecule is CC(C)Oc1cccc(-c2nc(N)cc(C(C)C)n2)c1. The van der Waals surface area contributed by atoms with Gasteiger partial charge in [0.1, 0.15) is 11.6 Å². The minimum atomic E-state index is 0.137. The Morgan fingerprint density at radius 2 is 1.80 bits per heavy atom. The van der Waals surface area contributed by atoms with E-state index in [9.17, 15) is 0 Å². The van der Waals surface area contributed by atoms with Crippen LogP contribution in [0.5, 0.6) is 5.75 Å². The van der Waals surface area contributed by atoms with Gasteiger partial charge in [-0.25, -0.2) is 9.97 Å². The van der Waals surface area contributed by atoms with Crippen LogP contribution in [-0.2, 0) is 0 Å². The number of nitrogen functional groups attached to an aromatic ring is 1. The van der Waals surface area contributed by atoms with E-state index >= 15 is 0 Å². The Bertz CT molecular complexity index is 594. The van der Waals surface area contributed by atoms with E-state index in [1.807, 2.05) is 44.2 Å². The fourth-order valence-corrected chi connectivity index (χ4v) is 1.89. The van der Waals surface area contributed by atoms with Gasteiger partial charge in [0.25, 0.3) is 0 Å². The Morgan fingerprint density at radius 3 is 2.45 bits per heavy atom. The largest absolute Gasteiger partial charge is 0.491 e. The van der Waals surface area contributed by atoms with Crippen LogP contribution in [-0.4, -0.2) is 16.1 Å². The summed E-state index contributed by atoms with van der Waals surface area (Å²) in [6.45, 7) is 8.18. The summed E-state index contributed by atoms with van der Waals surface area (Å²) in [7, 11) is 0. The summed E-state index contributed by atoms with van der Waals surface area (Å²) in [5.41, 5.74) is 7.73. The molecule has 0 aliphatic rings. The van der Waals surface area contributed by atoms with Crippen LogP contribution < -0.4 is 10.5 Å². The highest BCUT2D eigenvalue weighted by molar-refractivity contribution is 5.59. The highest BCUT2D eigenvalue weighted by Crippen LogP contribution is 2.24. The van der Waals surface area contributed by atoms with E-state index in [2.05, 4.69) is 23.8 Å². The molecule has 0 fully saturated rings. The number of nitrogens with zero attached hydrogens (tertiary/aromatic N) is 2. The maximum absolute atomic E-state index is 5.87. The van der Waals surface area contributed by atoms with Crippen molar-refractivity contribution in [3.63, 3.8) is 0 Å². The first-order valence-corrected chi connectivity index (χ1v) is 6.87. The summed E-state index contributed by atoms with van der Waals surface area (Å²) in [4.78, 5) is 8.89. The number of aromatic nitrogens is 2. The number of benzene rings is 1. The number of nitrogens with two attached hydrogens (primary N) is 1. The molecule has 0 unspecified atom stereocenters. The van der Waals surface area contributed by atoms with E-state index in [0.717, 1.165) is 17.0 Å². The number of hydrogen-bond donors (Lipinski definition) is 1. The maximum Gasteiger partial charge on any atom is 0.161 e. The molecule has 0 spiro atoms. The van der Waals surface area contributed by atoms with Crippen LogP contribution in [0, 0.1) is 0 Å². The summed E-state index contributed by atoms with van der Waals surface area (Å²) in [5.74, 6) is 2.26. The van der Waals surface area contributed by atoms with E-state index in [4.69, 9.17) is 10.5 Å². The second kappa shape index (κ2) is 5.90. The fraction of sp³-hybridized carbons (Fsp3) is 0.375. The molecule has 0 saturated heterocycles. The van der Waals surface area contributed by atoms with Gasteiger partial charge in [-0.2, -0.15) is 0 Å². The Kier molecular flexibility index (Phi) is 4.23. The first-order chi connectivity index (χ1) is 9.45. The van der Waals surface area contributed by atoms with E-state index in [0.29, 0.717) is 17.6 Å². The van der Waals surface area contributed by atoms with Gasteiger partial charge in [-0.3, -0.25) is 0 Å². The van der Waals surface area contributed by atoms with E-state index < -0.39 is 0 Å². The van der Waals surface area contributed by atoms with Gasteiger partial charge in [0.05, 0.1) is 6.10 Å². The second-order valence-corrected chi connectivity index (χ2v) is 5.39. The van der Waals surface area contributed by atoms with Crippen LogP contribution in [0.1, 0.15) is 39.3 Å². The van der Waals surface area contributed by atoms with Crippen molar-refractivity contribution in [2.45, 2.75) is 39.7 Å². The zero-order valence-corrected chi connectivity index (χ0v) is 12.4. The molecule has 0 amide bonds. The summed E-state index contributed by atoms with van der Waals surface area (Å²) < 4.78 is 5.70. The minimum Gasteiger partial charge on any atom is -0.491 e. The summed E-state index contributed by atoms with van der Waals surface area (Å²) in [6.07, 6.45) is 0.137. The van der Waals surface area contributed by atoms with Gasteiger partial charge in [-0.15, -0.1) is 0 Å². The highest BCUT2D eigenvalue weighted by Gasteiger charge is 2.09. The van der Waals surface area contributed by atoms with Crippen molar-refractivity contribution in [1.82, 2.24) is 9.97 Å². The van der Waals surface area contributed by atoms with Crippen LogP contribution in [0.4, 0.5) is 5.82 Å². The first-order valence-electron chi connectivity index (χ1n) is 6.87. The van der Waals surface area contributed by atoms with Crippen molar-refractivity contribution in [2.24, 2.45) is 0 Å². The predicted octanol–water partition coefficient (Wildman–Crippen LogP) is 3.64. The molecule has 1 aromatic heterocycles. The Balaban J connectivity index is 2.40. The third-order valence-electron chi connectivity index (χ3n) is 2.82. The number of hydrogen-bond acceptors (Lipinski definition) is 4. The highest BCUT2D eigenvalue weighted by atomic mass is 16.5. The standard InChI is InChI=1S/C16H21N3O/c1-10(2)14-9-15(17)19-16(18-14)12-6-5-7-13(8-12)20-11(3)4/h5-11H,1-4H3,(H2,17,18,19). The number of rotatable bonds is 4. The molecule has 0 aliphatic carbocycles. The summed E-state index contributed by atoms with van der Waals surface area (Å²) in [5, 5.41) is 0. The molecule has 106 valence electrons. The lowest BCUT2D eigenvalue weighted by molar-refractivity contribution is 0.242. The van der Waals surface area contributed by atoms with E-state index in [1.54, 1.807) is 0 Å². The van der Waals surface area contributed by atoms with Crippen LogP contribution in [0.2, 0.25) is 0 Å². The monoisotopic (exact) mass is 271 g/mol. The molecule has 0 saturated carbocycles.